The van der Waals surface area contributed by atoms with E-state index in [-0.39, 0.29) is 21.7 Å². The van der Waals surface area contributed by atoms with Crippen molar-refractivity contribution in [3.05, 3.63) is 63.9 Å². The van der Waals surface area contributed by atoms with Crippen molar-refractivity contribution in [3.8, 4) is 0 Å². The van der Waals surface area contributed by atoms with Crippen molar-refractivity contribution in [1.29, 1.82) is 0 Å². The van der Waals surface area contributed by atoms with E-state index in [2.05, 4.69) is 25.5 Å². The number of rotatable bonds is 7. The van der Waals surface area contributed by atoms with Crippen LogP contribution in [0.4, 0.5) is 23.3 Å². The molecule has 1 aromatic carbocycles. The van der Waals surface area contributed by atoms with Gasteiger partial charge in [0.15, 0.2) is 0 Å². The van der Waals surface area contributed by atoms with Crippen LogP contribution in [0.2, 0.25) is 10.0 Å². The molecule has 3 aromatic rings. The average molecular weight is 487 g/mol. The number of nitrogens with zero attached hydrogens (tertiary/aromatic N) is 4. The zero-order chi connectivity index (χ0) is 23.4. The predicted molar refractivity (Wildman–Crippen MR) is 131 cm³/mol. The van der Waals surface area contributed by atoms with Crippen LogP contribution in [0, 0.1) is 6.92 Å². The third kappa shape index (κ3) is 5.52. The zero-order valence-electron chi connectivity index (χ0n) is 18.3. The van der Waals surface area contributed by atoms with Gasteiger partial charge in [0.1, 0.15) is 11.6 Å². The number of carbonyl (C=O) groups excluding carboxylic acids is 1. The lowest BCUT2D eigenvalue weighted by Gasteiger charge is -2.24. The second-order valence-electron chi connectivity index (χ2n) is 7.74. The Bertz CT molecular complexity index is 1140. The molecule has 1 saturated heterocycles. The van der Waals surface area contributed by atoms with E-state index < -0.39 is 5.91 Å². The molecule has 10 heteroatoms. The van der Waals surface area contributed by atoms with E-state index >= 15 is 0 Å². The Labute approximate surface area is 202 Å². The molecule has 33 heavy (non-hydrogen) atoms. The van der Waals surface area contributed by atoms with Crippen molar-refractivity contribution in [3.63, 3.8) is 0 Å². The molecule has 2 aromatic heterocycles. The summed E-state index contributed by atoms with van der Waals surface area (Å²) < 4.78 is 5.35. The van der Waals surface area contributed by atoms with Gasteiger partial charge in [0.2, 0.25) is 5.95 Å². The van der Waals surface area contributed by atoms with E-state index in [0.717, 1.165) is 25.1 Å². The Morgan fingerprint density at radius 2 is 1.97 bits per heavy atom. The number of hydrogen-bond acceptors (Lipinski definition) is 7. The number of aromatic nitrogens is 3. The molecule has 0 aliphatic carbocycles. The first kappa shape index (κ1) is 23.2. The lowest BCUT2D eigenvalue weighted by molar-refractivity contribution is 0.102. The molecular weight excluding hydrogens is 463 g/mol. The Morgan fingerprint density at radius 1 is 1.18 bits per heavy atom. The molecule has 8 nitrogen and oxygen atoms in total. The van der Waals surface area contributed by atoms with Gasteiger partial charge in [-0.25, -0.2) is 9.97 Å². The van der Waals surface area contributed by atoms with Gasteiger partial charge < -0.3 is 20.3 Å². The summed E-state index contributed by atoms with van der Waals surface area (Å²) in [6.07, 6.45) is 3.72. The van der Waals surface area contributed by atoms with Gasteiger partial charge in [-0.15, -0.1) is 0 Å². The quantitative estimate of drug-likeness (QED) is 0.479. The lowest BCUT2D eigenvalue weighted by atomic mass is 10.2. The fourth-order valence-electron chi connectivity index (χ4n) is 3.83. The third-order valence-corrected chi connectivity index (χ3v) is 5.93. The molecule has 1 aliphatic rings. The normalized spacial score (nSPS) is 15.5. The van der Waals surface area contributed by atoms with E-state index in [4.69, 9.17) is 32.9 Å². The minimum Gasteiger partial charge on any atom is -0.383 e. The number of aryl methyl sites for hydroxylation is 1. The first-order chi connectivity index (χ1) is 15.9. The number of amides is 1. The van der Waals surface area contributed by atoms with Crippen LogP contribution in [0.3, 0.4) is 0 Å². The van der Waals surface area contributed by atoms with Crippen LogP contribution >= 0.6 is 23.2 Å². The highest BCUT2D eigenvalue weighted by atomic mass is 35.5. The summed E-state index contributed by atoms with van der Waals surface area (Å²) in [5, 5.41) is 6.58. The van der Waals surface area contributed by atoms with Crippen molar-refractivity contribution in [2.45, 2.75) is 25.8 Å². The molecule has 2 N–H and O–H groups in total. The average Bonchev–Trinajstić information content (AvgIpc) is 3.22. The molecule has 1 amide bonds. The molecule has 1 aliphatic heterocycles. The SMILES string of the molecule is COC[C@H]1CCCN1c1nc(C)cc(Nc2cc(NC(=O)c3c(Cl)cccc3Cl)ccn2)n1. The van der Waals surface area contributed by atoms with Gasteiger partial charge in [-0.1, -0.05) is 29.3 Å². The van der Waals surface area contributed by atoms with Crippen molar-refractivity contribution in [2.24, 2.45) is 0 Å². The van der Waals surface area contributed by atoms with Gasteiger partial charge in [0.05, 0.1) is 28.3 Å². The molecule has 4 rings (SSSR count). The number of halogens is 2. The maximum Gasteiger partial charge on any atom is 0.258 e. The highest BCUT2D eigenvalue weighted by Crippen LogP contribution is 2.27. The smallest absolute Gasteiger partial charge is 0.258 e. The fraction of sp³-hybridized carbons (Fsp3) is 0.304. The summed E-state index contributed by atoms with van der Waals surface area (Å²) in [6, 6.07) is 10.4. The first-order valence-electron chi connectivity index (χ1n) is 10.5. The van der Waals surface area contributed by atoms with Crippen LogP contribution in [0.25, 0.3) is 0 Å². The first-order valence-corrected chi connectivity index (χ1v) is 11.3. The summed E-state index contributed by atoms with van der Waals surface area (Å²) in [5.74, 6) is 1.40. The van der Waals surface area contributed by atoms with E-state index in [0.29, 0.717) is 29.9 Å². The third-order valence-electron chi connectivity index (χ3n) is 5.30. The largest absolute Gasteiger partial charge is 0.383 e. The highest BCUT2D eigenvalue weighted by Gasteiger charge is 2.27. The van der Waals surface area contributed by atoms with Gasteiger partial charge in [-0.05, 0) is 38.0 Å². The van der Waals surface area contributed by atoms with E-state index in [9.17, 15) is 4.79 Å². The second-order valence-corrected chi connectivity index (χ2v) is 8.56. The predicted octanol–water partition coefficient (Wildman–Crippen LogP) is 5.10. The molecule has 1 atom stereocenters. The Kier molecular flexibility index (Phi) is 7.27. The van der Waals surface area contributed by atoms with Crippen LogP contribution in [-0.4, -0.2) is 47.2 Å². The van der Waals surface area contributed by atoms with E-state index in [1.807, 2.05) is 13.0 Å². The molecule has 1 fully saturated rings. The molecule has 0 unspecified atom stereocenters. The fourth-order valence-corrected chi connectivity index (χ4v) is 4.40. The summed E-state index contributed by atoms with van der Waals surface area (Å²) in [5.41, 5.74) is 1.60. The summed E-state index contributed by atoms with van der Waals surface area (Å²) in [4.78, 5) is 28.5. The van der Waals surface area contributed by atoms with Crippen LogP contribution in [0.1, 0.15) is 28.9 Å². The maximum absolute atomic E-state index is 12.7. The number of benzene rings is 1. The molecule has 172 valence electrons. The Hall–Kier alpha value is -2.94. The number of carbonyl (C=O) groups is 1. The summed E-state index contributed by atoms with van der Waals surface area (Å²) >= 11 is 12.3. The van der Waals surface area contributed by atoms with Gasteiger partial charge >= 0.3 is 0 Å². The van der Waals surface area contributed by atoms with Crippen LogP contribution < -0.4 is 15.5 Å². The summed E-state index contributed by atoms with van der Waals surface area (Å²) in [7, 11) is 1.71. The number of methoxy groups -OCH3 is 1. The number of pyridine rings is 1. The van der Waals surface area contributed by atoms with Crippen molar-refractivity contribution >= 4 is 52.4 Å². The lowest BCUT2D eigenvalue weighted by Crippen LogP contribution is -2.34. The topological polar surface area (TPSA) is 92.3 Å². The number of nitrogens with one attached hydrogen (secondary N) is 2. The molecule has 0 radical (unpaired) electrons. The monoisotopic (exact) mass is 486 g/mol. The highest BCUT2D eigenvalue weighted by molar-refractivity contribution is 6.40. The molecule has 0 spiro atoms. The van der Waals surface area contributed by atoms with Gasteiger partial charge in [-0.3, -0.25) is 4.79 Å². The van der Waals surface area contributed by atoms with Gasteiger partial charge in [0.25, 0.3) is 5.91 Å². The van der Waals surface area contributed by atoms with Crippen molar-refractivity contribution in [1.82, 2.24) is 15.0 Å². The maximum atomic E-state index is 12.7. The number of anilines is 4. The Morgan fingerprint density at radius 3 is 2.73 bits per heavy atom. The van der Waals surface area contributed by atoms with Crippen LogP contribution in [0.15, 0.2) is 42.6 Å². The van der Waals surface area contributed by atoms with E-state index in [1.54, 1.807) is 43.6 Å². The van der Waals surface area contributed by atoms with Crippen LogP contribution in [0.5, 0.6) is 0 Å². The van der Waals surface area contributed by atoms with E-state index in [1.165, 1.54) is 0 Å². The van der Waals surface area contributed by atoms with Crippen molar-refractivity contribution in [2.75, 3.05) is 35.8 Å². The van der Waals surface area contributed by atoms with Gasteiger partial charge in [-0.2, -0.15) is 4.98 Å². The van der Waals surface area contributed by atoms with Gasteiger partial charge in [0, 0.05) is 43.4 Å². The standard InChI is InChI=1S/C23H24Cl2N6O2/c1-14-11-20(30-23(27-14)31-10-4-5-16(31)13-33-2)29-19-12-15(8-9-26-19)28-22(32)21-17(24)6-3-7-18(21)25/h3,6-9,11-12,16H,4-5,10,13H2,1-2H3,(H2,26,27,28,29,30,32)/t16-/m1/s1. The van der Waals surface area contributed by atoms with Crippen molar-refractivity contribution < 1.29 is 9.53 Å². The minimum atomic E-state index is -0.402. The second kappa shape index (κ2) is 10.3. The summed E-state index contributed by atoms with van der Waals surface area (Å²) in [6.45, 7) is 3.45. The molecule has 0 bridgehead atoms. The molecular formula is C23H24Cl2N6O2. The minimum absolute atomic E-state index is 0.222. The Balaban J connectivity index is 1.52. The molecule has 0 saturated carbocycles. The zero-order valence-corrected chi connectivity index (χ0v) is 19.8. The van der Waals surface area contributed by atoms with Crippen LogP contribution in [-0.2, 0) is 4.74 Å². The molecule has 3 heterocycles. The number of hydrogen-bond donors (Lipinski definition) is 2. The number of ether oxygens (including phenoxy) is 1.